The van der Waals surface area contributed by atoms with E-state index >= 15 is 0 Å². The van der Waals surface area contributed by atoms with Gasteiger partial charge in [0.15, 0.2) is 5.41 Å². The molecule has 0 bridgehead atoms. The van der Waals surface area contributed by atoms with Crippen molar-refractivity contribution >= 4 is 20.3 Å². The van der Waals surface area contributed by atoms with E-state index in [-0.39, 0.29) is 19.6 Å². The number of esters is 2. The van der Waals surface area contributed by atoms with Crippen LogP contribution in [0.15, 0.2) is 24.0 Å². The van der Waals surface area contributed by atoms with Gasteiger partial charge >= 0.3 is 11.9 Å². The molecule has 0 aromatic carbocycles. The fraction of sp³-hybridized carbons (Fsp3) is 0.714. The monoisotopic (exact) mass is 488 g/mol. The average molecular weight is 489 g/mol. The average Bonchev–Trinajstić information content (AvgIpc) is 3.02. The minimum Gasteiger partial charge on any atom is -0.545 e. The molecule has 34 heavy (non-hydrogen) atoms. The molecule has 0 radical (unpaired) electrons. The van der Waals surface area contributed by atoms with Gasteiger partial charge in [-0.15, -0.1) is 12.3 Å². The van der Waals surface area contributed by atoms with Crippen LogP contribution in [0, 0.1) is 29.1 Å². The third kappa shape index (κ3) is 4.15. The van der Waals surface area contributed by atoms with Crippen molar-refractivity contribution in [3.05, 3.63) is 24.0 Å². The van der Waals surface area contributed by atoms with E-state index in [2.05, 4.69) is 60.1 Å². The molecular weight excluding hydrogens is 444 g/mol. The van der Waals surface area contributed by atoms with Crippen LogP contribution in [-0.2, 0) is 23.5 Å². The largest absolute Gasteiger partial charge is 0.545 e. The number of hydrogen-bond donors (Lipinski definition) is 0. The molecular formula is C28H44O5Si. The summed E-state index contributed by atoms with van der Waals surface area (Å²) in [6.07, 6.45) is 9.87. The van der Waals surface area contributed by atoms with Gasteiger partial charge in [-0.05, 0) is 55.8 Å². The van der Waals surface area contributed by atoms with Gasteiger partial charge in [0.2, 0.25) is 0 Å². The number of fused-ring (bicyclic) bond motifs is 1. The van der Waals surface area contributed by atoms with Crippen LogP contribution in [0.3, 0.4) is 0 Å². The van der Waals surface area contributed by atoms with Crippen LogP contribution in [0.5, 0.6) is 0 Å². The van der Waals surface area contributed by atoms with Crippen LogP contribution >= 0.6 is 0 Å². The minimum absolute atomic E-state index is 0.164. The van der Waals surface area contributed by atoms with Crippen molar-refractivity contribution < 1.29 is 23.5 Å². The Kier molecular flexibility index (Phi) is 8.91. The van der Waals surface area contributed by atoms with Crippen molar-refractivity contribution in [1.82, 2.24) is 0 Å². The molecule has 0 spiro atoms. The van der Waals surface area contributed by atoms with Crippen molar-refractivity contribution in [2.24, 2.45) is 16.7 Å². The lowest BCUT2D eigenvalue weighted by Crippen LogP contribution is -2.53. The second-order valence-corrected chi connectivity index (χ2v) is 16.0. The van der Waals surface area contributed by atoms with Crippen LogP contribution in [0.2, 0.25) is 16.6 Å². The zero-order chi connectivity index (χ0) is 25.9. The molecule has 0 aromatic rings. The Morgan fingerprint density at radius 3 is 2.00 bits per heavy atom. The second kappa shape index (κ2) is 10.7. The number of terminal acetylenes is 1. The Morgan fingerprint density at radius 1 is 1.09 bits per heavy atom. The Morgan fingerprint density at radius 2 is 1.59 bits per heavy atom. The molecule has 2 aliphatic rings. The molecule has 0 saturated heterocycles. The fourth-order valence-corrected chi connectivity index (χ4v) is 12.2. The number of ether oxygens (including phenoxy) is 2. The standard InChI is InChI=1S/C28H44O5Si/c1-11-17-27-22(10)18-28(25(29)31-12-2,26(30)32-13-3)23(27)15-14-16-24(27)33-34(19(4)5,20(6)7)21(8)9/h1,16,19-21,23H,10,12-15,17-18H2,2-9H3. The highest BCUT2D eigenvalue weighted by Gasteiger charge is 2.70. The molecule has 0 N–H and O–H groups in total. The van der Waals surface area contributed by atoms with Crippen molar-refractivity contribution in [3.8, 4) is 12.3 Å². The Labute approximate surface area is 207 Å². The molecule has 0 heterocycles. The summed E-state index contributed by atoms with van der Waals surface area (Å²) in [7, 11) is -2.32. The number of rotatable bonds is 10. The number of carbonyl (C=O) groups is 2. The maximum absolute atomic E-state index is 13.5. The van der Waals surface area contributed by atoms with Crippen molar-refractivity contribution in [1.29, 1.82) is 0 Å². The van der Waals surface area contributed by atoms with Gasteiger partial charge in [-0.3, -0.25) is 9.59 Å². The highest BCUT2D eigenvalue weighted by molar-refractivity contribution is 6.77. The lowest BCUT2D eigenvalue weighted by Gasteiger charge is -2.50. The fourth-order valence-electron chi connectivity index (χ4n) is 6.89. The Bertz CT molecular complexity index is 823. The molecule has 190 valence electrons. The van der Waals surface area contributed by atoms with E-state index in [0.717, 1.165) is 11.3 Å². The van der Waals surface area contributed by atoms with Crippen molar-refractivity contribution in [3.63, 3.8) is 0 Å². The maximum atomic E-state index is 13.5. The molecule has 2 rings (SSSR count). The number of carbonyl (C=O) groups excluding carboxylic acids is 2. The summed E-state index contributed by atoms with van der Waals surface area (Å²) in [6, 6.07) is 0. The zero-order valence-corrected chi connectivity index (χ0v) is 23.5. The highest BCUT2D eigenvalue weighted by atomic mass is 28.4. The van der Waals surface area contributed by atoms with Gasteiger partial charge in [0.05, 0.1) is 24.4 Å². The maximum Gasteiger partial charge on any atom is 0.324 e. The van der Waals surface area contributed by atoms with E-state index in [1.807, 2.05) is 0 Å². The zero-order valence-electron chi connectivity index (χ0n) is 22.5. The predicted molar refractivity (Wildman–Crippen MR) is 138 cm³/mol. The summed E-state index contributed by atoms with van der Waals surface area (Å²) in [4.78, 5) is 27.0. The third-order valence-electron chi connectivity index (χ3n) is 8.19. The first kappa shape index (κ1) is 28.2. The summed E-state index contributed by atoms with van der Waals surface area (Å²) < 4.78 is 18.2. The molecule has 0 aromatic heterocycles. The number of hydrogen-bond acceptors (Lipinski definition) is 5. The molecule has 2 atom stereocenters. The van der Waals surface area contributed by atoms with Gasteiger partial charge in [-0.1, -0.05) is 53.7 Å². The lowest BCUT2D eigenvalue weighted by atomic mass is 9.61. The predicted octanol–water partition coefficient (Wildman–Crippen LogP) is 6.55. The highest BCUT2D eigenvalue weighted by Crippen LogP contribution is 2.67. The quantitative estimate of drug-likeness (QED) is 0.115. The first-order chi connectivity index (χ1) is 15.9. The Hall–Kier alpha value is -2.00. The molecule has 5 nitrogen and oxygen atoms in total. The van der Waals surface area contributed by atoms with Gasteiger partial charge in [-0.2, -0.15) is 0 Å². The molecule has 0 amide bonds. The van der Waals surface area contributed by atoms with E-state index in [9.17, 15) is 9.59 Å². The van der Waals surface area contributed by atoms with E-state index in [0.29, 0.717) is 35.9 Å². The molecule has 1 fully saturated rings. The third-order valence-corrected chi connectivity index (χ3v) is 14.2. The summed E-state index contributed by atoms with van der Waals surface area (Å²) in [6.45, 7) is 21.7. The van der Waals surface area contributed by atoms with Crippen LogP contribution in [0.4, 0.5) is 0 Å². The van der Waals surface area contributed by atoms with Gasteiger partial charge < -0.3 is 13.9 Å². The normalized spacial score (nSPS) is 24.0. The lowest BCUT2D eigenvalue weighted by molar-refractivity contribution is -0.177. The molecule has 2 aliphatic carbocycles. The van der Waals surface area contributed by atoms with Crippen molar-refractivity contribution in [2.75, 3.05) is 13.2 Å². The smallest absolute Gasteiger partial charge is 0.324 e. The second-order valence-electron chi connectivity index (χ2n) is 10.7. The van der Waals surface area contributed by atoms with Crippen LogP contribution in [-0.4, -0.2) is 33.5 Å². The topological polar surface area (TPSA) is 61.8 Å². The summed E-state index contributed by atoms with van der Waals surface area (Å²) >= 11 is 0. The minimum atomic E-state index is -2.32. The summed E-state index contributed by atoms with van der Waals surface area (Å²) in [5, 5.41) is 0. The van der Waals surface area contributed by atoms with Crippen LogP contribution in [0.1, 0.15) is 81.1 Å². The van der Waals surface area contributed by atoms with Crippen LogP contribution in [0.25, 0.3) is 0 Å². The first-order valence-electron chi connectivity index (χ1n) is 12.8. The first-order valence-corrected chi connectivity index (χ1v) is 14.9. The van der Waals surface area contributed by atoms with Crippen molar-refractivity contribution in [2.45, 2.75) is 97.7 Å². The van der Waals surface area contributed by atoms with E-state index in [4.69, 9.17) is 20.3 Å². The van der Waals surface area contributed by atoms with E-state index < -0.39 is 37.0 Å². The number of allylic oxidation sites excluding steroid dienone is 2. The van der Waals surface area contributed by atoms with E-state index in [1.54, 1.807) is 13.8 Å². The SMILES string of the molecule is C#CCC12C(=C)CC(C(=O)OCC)(C(=O)OCC)C1CCC=C2O[Si](C(C)C)(C(C)C)C(C)C. The Balaban J connectivity index is 2.75. The van der Waals surface area contributed by atoms with Gasteiger partial charge in [0.1, 0.15) is 0 Å². The summed E-state index contributed by atoms with van der Waals surface area (Å²) in [5.74, 6) is 2.15. The molecule has 6 heteroatoms. The molecule has 2 unspecified atom stereocenters. The molecule has 0 aliphatic heterocycles. The molecule has 1 saturated carbocycles. The van der Waals surface area contributed by atoms with E-state index in [1.165, 1.54) is 0 Å². The van der Waals surface area contributed by atoms with Gasteiger partial charge in [-0.25, -0.2) is 0 Å². The summed E-state index contributed by atoms with van der Waals surface area (Å²) in [5.41, 5.74) is -0.380. The van der Waals surface area contributed by atoms with Gasteiger partial charge in [0, 0.05) is 12.3 Å². The van der Waals surface area contributed by atoms with Gasteiger partial charge in [0.25, 0.3) is 8.32 Å². The van der Waals surface area contributed by atoms with Crippen LogP contribution < -0.4 is 0 Å².